The van der Waals surface area contributed by atoms with Gasteiger partial charge < -0.3 is 10.3 Å². The Morgan fingerprint density at radius 1 is 1.19 bits per heavy atom. The fourth-order valence-corrected chi connectivity index (χ4v) is 3.88. The zero-order chi connectivity index (χ0) is 19.8. The Balaban J connectivity index is 2.11. The second kappa shape index (κ2) is 7.37. The number of hydrogen-bond donors (Lipinski definition) is 1. The van der Waals surface area contributed by atoms with Gasteiger partial charge in [-0.2, -0.15) is 13.2 Å². The van der Waals surface area contributed by atoms with Crippen molar-refractivity contribution < 1.29 is 22.4 Å². The van der Waals surface area contributed by atoms with Gasteiger partial charge in [0.25, 0.3) is 5.91 Å². The Morgan fingerprint density at radius 2 is 1.85 bits per heavy atom. The van der Waals surface area contributed by atoms with Crippen molar-refractivity contribution in [1.29, 1.82) is 0 Å². The summed E-state index contributed by atoms with van der Waals surface area (Å²) in [5, 5.41) is 0. The summed E-state index contributed by atoms with van der Waals surface area (Å²) in [5.74, 6) is -1.09. The van der Waals surface area contributed by atoms with Crippen molar-refractivity contribution in [2.75, 3.05) is 0 Å². The summed E-state index contributed by atoms with van der Waals surface area (Å²) in [5.41, 5.74) is 5.34. The molecule has 2 N–H and O–H groups in total. The molecule has 1 heterocycles. The maximum atomic E-state index is 14.4. The first-order valence-corrected chi connectivity index (χ1v) is 9.05. The van der Waals surface area contributed by atoms with E-state index in [-0.39, 0.29) is 16.8 Å². The van der Waals surface area contributed by atoms with Crippen LogP contribution in [-0.2, 0) is 12.7 Å². The summed E-state index contributed by atoms with van der Waals surface area (Å²) in [6.45, 7) is 2.22. The third kappa shape index (κ3) is 4.01. The largest absolute Gasteiger partial charge is 0.416 e. The lowest BCUT2D eigenvalue weighted by molar-refractivity contribution is -0.137. The van der Waals surface area contributed by atoms with Crippen molar-refractivity contribution in [3.63, 3.8) is 0 Å². The topological polar surface area (TPSA) is 48.0 Å². The molecule has 1 saturated carbocycles. The molecule has 27 heavy (non-hydrogen) atoms. The van der Waals surface area contributed by atoms with Gasteiger partial charge >= 0.3 is 6.18 Å². The lowest BCUT2D eigenvalue weighted by Gasteiger charge is -2.24. The van der Waals surface area contributed by atoms with Gasteiger partial charge in [-0.1, -0.05) is 19.3 Å². The van der Waals surface area contributed by atoms with E-state index in [0.717, 1.165) is 43.9 Å². The third-order valence-electron chi connectivity index (χ3n) is 5.37. The predicted octanol–water partition coefficient (Wildman–Crippen LogP) is 5.30. The van der Waals surface area contributed by atoms with Gasteiger partial charge in [0.05, 0.1) is 16.8 Å². The summed E-state index contributed by atoms with van der Waals surface area (Å²) in [7, 11) is 0. The van der Waals surface area contributed by atoms with Gasteiger partial charge in [0.1, 0.15) is 5.82 Å². The van der Waals surface area contributed by atoms with Crippen LogP contribution in [0.1, 0.15) is 53.7 Å². The molecule has 0 radical (unpaired) electrons. The molecule has 146 valence electrons. The number of nitrogens with two attached hydrogens (primary N) is 1. The second-order valence-corrected chi connectivity index (χ2v) is 7.20. The molecule has 1 aliphatic rings. The third-order valence-corrected chi connectivity index (χ3v) is 5.37. The minimum absolute atomic E-state index is 0.170. The molecule has 0 saturated heterocycles. The first-order valence-electron chi connectivity index (χ1n) is 9.05. The van der Waals surface area contributed by atoms with Crippen LogP contribution in [0.4, 0.5) is 17.6 Å². The minimum Gasteiger partial charge on any atom is -0.366 e. The Bertz CT molecular complexity index is 848. The molecule has 3 nitrogen and oxygen atoms in total. The number of primary amides is 1. The number of carbonyl (C=O) groups is 1. The van der Waals surface area contributed by atoms with Crippen molar-refractivity contribution in [3.8, 4) is 11.3 Å². The normalized spacial score (nSPS) is 15.9. The summed E-state index contributed by atoms with van der Waals surface area (Å²) in [6, 6.07) is 3.73. The summed E-state index contributed by atoms with van der Waals surface area (Å²) in [6.07, 6.45) is 0.803. The van der Waals surface area contributed by atoms with Gasteiger partial charge in [0.2, 0.25) is 0 Å². The van der Waals surface area contributed by atoms with E-state index in [0.29, 0.717) is 18.2 Å². The van der Waals surface area contributed by atoms with Crippen LogP contribution in [-0.4, -0.2) is 10.5 Å². The SMILES string of the molecule is Cc1c(C(N)=O)cc(-c2cc(C(F)(F)F)ccc2F)n1CC1CCCCC1. The average molecular weight is 382 g/mol. The van der Waals surface area contributed by atoms with E-state index in [2.05, 4.69) is 0 Å². The quantitative estimate of drug-likeness (QED) is 0.717. The molecule has 1 aromatic carbocycles. The number of rotatable bonds is 4. The highest BCUT2D eigenvalue weighted by Crippen LogP contribution is 2.36. The van der Waals surface area contributed by atoms with Crippen LogP contribution in [0.3, 0.4) is 0 Å². The Labute approximate surface area is 155 Å². The number of nitrogens with zero attached hydrogens (tertiary/aromatic N) is 1. The molecule has 0 bridgehead atoms. The van der Waals surface area contributed by atoms with Gasteiger partial charge in [-0.25, -0.2) is 4.39 Å². The first-order chi connectivity index (χ1) is 12.7. The van der Waals surface area contributed by atoms with Gasteiger partial charge in [-0.15, -0.1) is 0 Å². The maximum Gasteiger partial charge on any atom is 0.416 e. The lowest BCUT2D eigenvalue weighted by atomic mass is 9.89. The Hall–Kier alpha value is -2.31. The standard InChI is InChI=1S/C20H22F4N2O/c1-12-15(19(25)27)10-18(26(12)11-13-5-3-2-4-6-13)16-9-14(20(22,23)24)7-8-17(16)21/h7-10,13H,2-6,11H2,1H3,(H2,25,27). The number of carbonyl (C=O) groups excluding carboxylic acids is 1. The minimum atomic E-state index is -4.58. The number of benzene rings is 1. The highest BCUT2D eigenvalue weighted by atomic mass is 19.4. The summed E-state index contributed by atoms with van der Waals surface area (Å²) < 4.78 is 55.5. The Morgan fingerprint density at radius 3 is 2.44 bits per heavy atom. The van der Waals surface area contributed by atoms with E-state index in [1.165, 1.54) is 12.5 Å². The van der Waals surface area contributed by atoms with Crippen LogP contribution < -0.4 is 5.73 Å². The van der Waals surface area contributed by atoms with Crippen molar-refractivity contribution in [1.82, 2.24) is 4.57 Å². The number of halogens is 4. The van der Waals surface area contributed by atoms with Crippen LogP contribution in [0.25, 0.3) is 11.3 Å². The molecule has 1 aromatic heterocycles. The van der Waals surface area contributed by atoms with Crippen molar-refractivity contribution in [3.05, 3.63) is 46.9 Å². The molecule has 7 heteroatoms. The molecular formula is C20H22F4N2O. The molecule has 0 atom stereocenters. The summed E-state index contributed by atoms with van der Waals surface area (Å²) >= 11 is 0. The van der Waals surface area contributed by atoms with Gasteiger partial charge in [0.15, 0.2) is 0 Å². The molecule has 0 aliphatic heterocycles. The zero-order valence-electron chi connectivity index (χ0n) is 15.1. The van der Waals surface area contributed by atoms with Crippen LogP contribution in [0.15, 0.2) is 24.3 Å². The fraction of sp³-hybridized carbons (Fsp3) is 0.450. The van der Waals surface area contributed by atoms with Gasteiger partial charge in [0, 0.05) is 17.8 Å². The number of amides is 1. The fourth-order valence-electron chi connectivity index (χ4n) is 3.88. The van der Waals surface area contributed by atoms with Crippen molar-refractivity contribution in [2.45, 2.75) is 51.7 Å². The predicted molar refractivity (Wildman–Crippen MR) is 94.7 cm³/mol. The van der Waals surface area contributed by atoms with Crippen molar-refractivity contribution >= 4 is 5.91 Å². The highest BCUT2D eigenvalue weighted by molar-refractivity contribution is 5.95. The Kier molecular flexibility index (Phi) is 5.31. The number of aromatic nitrogens is 1. The second-order valence-electron chi connectivity index (χ2n) is 7.20. The molecule has 2 aromatic rings. The van der Waals surface area contributed by atoms with E-state index in [4.69, 9.17) is 5.73 Å². The van der Waals surface area contributed by atoms with Crippen LogP contribution in [0, 0.1) is 18.7 Å². The van der Waals surface area contributed by atoms with Gasteiger partial charge in [-0.3, -0.25) is 4.79 Å². The van der Waals surface area contributed by atoms with Crippen LogP contribution in [0.5, 0.6) is 0 Å². The molecular weight excluding hydrogens is 360 g/mol. The van der Waals surface area contributed by atoms with Crippen LogP contribution in [0.2, 0.25) is 0 Å². The maximum absolute atomic E-state index is 14.4. The van der Waals surface area contributed by atoms with Gasteiger partial charge in [-0.05, 0) is 49.9 Å². The number of hydrogen-bond acceptors (Lipinski definition) is 1. The monoisotopic (exact) mass is 382 g/mol. The van der Waals surface area contributed by atoms with Crippen LogP contribution >= 0.6 is 0 Å². The molecule has 1 amide bonds. The first kappa shape index (κ1) is 19.5. The summed E-state index contributed by atoms with van der Waals surface area (Å²) in [4.78, 5) is 11.8. The molecule has 0 spiro atoms. The van der Waals surface area contributed by atoms with E-state index < -0.39 is 23.5 Å². The molecule has 3 rings (SSSR count). The van der Waals surface area contributed by atoms with E-state index >= 15 is 0 Å². The zero-order valence-corrected chi connectivity index (χ0v) is 15.1. The van der Waals surface area contributed by atoms with Crippen molar-refractivity contribution in [2.24, 2.45) is 11.7 Å². The average Bonchev–Trinajstić information content (AvgIpc) is 2.92. The van der Waals surface area contributed by atoms with E-state index in [1.807, 2.05) is 0 Å². The van der Waals surface area contributed by atoms with E-state index in [9.17, 15) is 22.4 Å². The highest BCUT2D eigenvalue weighted by Gasteiger charge is 2.32. The number of alkyl halides is 3. The van der Waals surface area contributed by atoms with E-state index in [1.54, 1.807) is 11.5 Å². The molecule has 1 fully saturated rings. The smallest absolute Gasteiger partial charge is 0.366 e. The molecule has 1 aliphatic carbocycles. The molecule has 0 unspecified atom stereocenters. The lowest BCUT2D eigenvalue weighted by Crippen LogP contribution is -2.17.